The van der Waals surface area contributed by atoms with Gasteiger partial charge in [0.1, 0.15) is 9.22 Å². The second-order valence-corrected chi connectivity index (χ2v) is 3.04. The maximum Gasteiger partial charge on any atom is 0.109 e. The van der Waals surface area contributed by atoms with Gasteiger partial charge in [0.25, 0.3) is 0 Å². The quantitative estimate of drug-likeness (QED) is 0.565. The summed E-state index contributed by atoms with van der Waals surface area (Å²) in [5, 5.41) is 6.68. The van der Waals surface area contributed by atoms with Crippen LogP contribution in [0.25, 0.3) is 11.0 Å². The second-order valence-electron chi connectivity index (χ2n) is 1.94. The minimum absolute atomic E-state index is 0.923. The van der Waals surface area contributed by atoms with E-state index in [0.717, 1.165) is 14.7 Å². The Morgan fingerprint density at radius 1 is 1.40 bits per heavy atom. The fraction of sp³-hybridized carbons (Fsp3) is 0. The molecule has 2 rings (SSSR count). The summed E-state index contributed by atoms with van der Waals surface area (Å²) >= 11 is 2.17. The summed E-state index contributed by atoms with van der Waals surface area (Å²) < 4.78 is 0.992. The third-order valence-electron chi connectivity index (χ3n) is 1.26. The summed E-state index contributed by atoms with van der Waals surface area (Å²) in [5.74, 6) is 0. The summed E-state index contributed by atoms with van der Waals surface area (Å²) in [4.78, 5) is 4.23. The van der Waals surface area contributed by atoms with E-state index < -0.39 is 0 Å². The van der Waals surface area contributed by atoms with Crippen LogP contribution in [0.5, 0.6) is 0 Å². The van der Waals surface area contributed by atoms with E-state index >= 15 is 0 Å². The van der Waals surface area contributed by atoms with Gasteiger partial charge in [-0.25, -0.2) is 4.98 Å². The molecule has 0 amide bonds. The lowest BCUT2D eigenvalue weighted by Crippen LogP contribution is -1.77. The standard InChI is InChI=1S/C6H4IN3/c7-6-2-1-4-5(9-6)3-8-10-4/h1-3H,(H,8,10). The van der Waals surface area contributed by atoms with Gasteiger partial charge in [-0.05, 0) is 34.7 Å². The Morgan fingerprint density at radius 2 is 2.30 bits per heavy atom. The molecule has 0 atom stereocenters. The molecule has 50 valence electrons. The average molecular weight is 245 g/mol. The smallest absolute Gasteiger partial charge is 0.109 e. The molecule has 0 fully saturated rings. The highest BCUT2D eigenvalue weighted by Gasteiger charge is 1.94. The van der Waals surface area contributed by atoms with Gasteiger partial charge in [0.05, 0.1) is 11.7 Å². The number of halogens is 1. The van der Waals surface area contributed by atoms with Gasteiger partial charge in [-0.1, -0.05) is 0 Å². The van der Waals surface area contributed by atoms with Gasteiger partial charge in [-0.2, -0.15) is 5.10 Å². The van der Waals surface area contributed by atoms with Gasteiger partial charge in [0, 0.05) is 0 Å². The number of aromatic nitrogens is 3. The second kappa shape index (κ2) is 2.19. The zero-order valence-electron chi connectivity index (χ0n) is 5.00. The molecule has 0 spiro atoms. The summed E-state index contributed by atoms with van der Waals surface area (Å²) in [6.07, 6.45) is 1.72. The molecule has 0 aromatic carbocycles. The molecule has 0 radical (unpaired) electrons. The predicted molar refractivity (Wildman–Crippen MR) is 46.6 cm³/mol. The lowest BCUT2D eigenvalue weighted by Gasteiger charge is -1.87. The first kappa shape index (κ1) is 6.09. The average Bonchev–Trinajstić information content (AvgIpc) is 2.33. The number of aromatic amines is 1. The van der Waals surface area contributed by atoms with Crippen LogP contribution in [0.4, 0.5) is 0 Å². The van der Waals surface area contributed by atoms with Crippen molar-refractivity contribution in [1.29, 1.82) is 0 Å². The molecule has 0 saturated carbocycles. The van der Waals surface area contributed by atoms with Crippen molar-refractivity contribution >= 4 is 33.6 Å². The van der Waals surface area contributed by atoms with Gasteiger partial charge in [0.2, 0.25) is 0 Å². The van der Waals surface area contributed by atoms with Crippen LogP contribution in [0.15, 0.2) is 18.3 Å². The number of nitrogens with zero attached hydrogens (tertiary/aromatic N) is 2. The largest absolute Gasteiger partial charge is 0.276 e. The molecular weight excluding hydrogens is 241 g/mol. The van der Waals surface area contributed by atoms with Crippen LogP contribution in [-0.4, -0.2) is 15.2 Å². The van der Waals surface area contributed by atoms with E-state index in [1.807, 2.05) is 12.1 Å². The summed E-state index contributed by atoms with van der Waals surface area (Å²) in [6.45, 7) is 0. The van der Waals surface area contributed by atoms with Crippen LogP contribution < -0.4 is 0 Å². The Bertz CT molecular complexity index is 355. The van der Waals surface area contributed by atoms with Crippen molar-refractivity contribution in [1.82, 2.24) is 15.2 Å². The molecule has 0 aliphatic rings. The van der Waals surface area contributed by atoms with Crippen LogP contribution in [0, 0.1) is 3.70 Å². The first-order chi connectivity index (χ1) is 4.86. The molecule has 0 unspecified atom stereocenters. The third-order valence-corrected chi connectivity index (χ3v) is 1.86. The highest BCUT2D eigenvalue weighted by atomic mass is 127. The SMILES string of the molecule is Ic1ccc2[nH]ncc2n1. The molecule has 10 heavy (non-hydrogen) atoms. The first-order valence-electron chi connectivity index (χ1n) is 2.82. The topological polar surface area (TPSA) is 41.6 Å². The van der Waals surface area contributed by atoms with Crippen molar-refractivity contribution in [3.8, 4) is 0 Å². The minimum atomic E-state index is 0.923. The number of pyridine rings is 1. The highest BCUT2D eigenvalue weighted by Crippen LogP contribution is 2.08. The Morgan fingerprint density at radius 3 is 3.20 bits per heavy atom. The van der Waals surface area contributed by atoms with Crippen molar-refractivity contribution in [2.75, 3.05) is 0 Å². The Hall–Kier alpha value is -0.650. The molecule has 0 saturated heterocycles. The number of H-pyrrole nitrogens is 1. The van der Waals surface area contributed by atoms with Crippen LogP contribution >= 0.6 is 22.6 Å². The monoisotopic (exact) mass is 245 g/mol. The molecule has 0 bridgehead atoms. The van der Waals surface area contributed by atoms with E-state index in [1.165, 1.54) is 0 Å². The molecule has 2 heterocycles. The van der Waals surface area contributed by atoms with Gasteiger partial charge < -0.3 is 0 Å². The lowest BCUT2D eigenvalue weighted by atomic mass is 10.4. The van der Waals surface area contributed by atoms with E-state index in [0.29, 0.717) is 0 Å². The van der Waals surface area contributed by atoms with Gasteiger partial charge >= 0.3 is 0 Å². The van der Waals surface area contributed by atoms with Crippen LogP contribution in [0.1, 0.15) is 0 Å². The van der Waals surface area contributed by atoms with E-state index in [9.17, 15) is 0 Å². The Balaban J connectivity index is 2.86. The number of nitrogens with one attached hydrogen (secondary N) is 1. The van der Waals surface area contributed by atoms with Gasteiger partial charge in [-0.15, -0.1) is 0 Å². The van der Waals surface area contributed by atoms with E-state index in [-0.39, 0.29) is 0 Å². The maximum atomic E-state index is 4.23. The highest BCUT2D eigenvalue weighted by molar-refractivity contribution is 14.1. The summed E-state index contributed by atoms with van der Waals surface area (Å²) in [5.41, 5.74) is 1.91. The number of rotatable bonds is 0. The number of fused-ring (bicyclic) bond motifs is 1. The van der Waals surface area contributed by atoms with Crippen LogP contribution in [-0.2, 0) is 0 Å². The molecule has 0 aliphatic heterocycles. The third kappa shape index (κ3) is 0.880. The zero-order chi connectivity index (χ0) is 6.97. The molecule has 2 aromatic heterocycles. The molecular formula is C6H4IN3. The zero-order valence-corrected chi connectivity index (χ0v) is 7.16. The van der Waals surface area contributed by atoms with Crippen molar-refractivity contribution in [3.63, 3.8) is 0 Å². The minimum Gasteiger partial charge on any atom is -0.276 e. The molecule has 3 nitrogen and oxygen atoms in total. The van der Waals surface area contributed by atoms with Crippen molar-refractivity contribution < 1.29 is 0 Å². The maximum absolute atomic E-state index is 4.23. The lowest BCUT2D eigenvalue weighted by molar-refractivity contribution is 1.12. The molecule has 4 heteroatoms. The van der Waals surface area contributed by atoms with E-state index in [1.54, 1.807) is 6.20 Å². The summed E-state index contributed by atoms with van der Waals surface area (Å²) in [7, 11) is 0. The number of hydrogen-bond acceptors (Lipinski definition) is 2. The van der Waals surface area contributed by atoms with Crippen molar-refractivity contribution in [2.24, 2.45) is 0 Å². The fourth-order valence-electron chi connectivity index (χ4n) is 0.806. The van der Waals surface area contributed by atoms with Crippen molar-refractivity contribution in [3.05, 3.63) is 22.0 Å². The van der Waals surface area contributed by atoms with E-state index in [4.69, 9.17) is 0 Å². The van der Waals surface area contributed by atoms with E-state index in [2.05, 4.69) is 37.8 Å². The fourth-order valence-corrected chi connectivity index (χ4v) is 1.25. The number of hydrogen-bond donors (Lipinski definition) is 1. The van der Waals surface area contributed by atoms with Crippen LogP contribution in [0.2, 0.25) is 0 Å². The Labute approximate surface area is 71.0 Å². The molecule has 2 aromatic rings. The van der Waals surface area contributed by atoms with Gasteiger partial charge in [0.15, 0.2) is 0 Å². The van der Waals surface area contributed by atoms with Crippen molar-refractivity contribution in [2.45, 2.75) is 0 Å². The molecule has 0 aliphatic carbocycles. The van der Waals surface area contributed by atoms with Gasteiger partial charge in [-0.3, -0.25) is 5.10 Å². The summed E-state index contributed by atoms with van der Waals surface area (Å²) in [6, 6.07) is 3.91. The Kier molecular flexibility index (Phi) is 1.33. The molecule has 1 N–H and O–H groups in total. The normalized spacial score (nSPS) is 10.5. The first-order valence-corrected chi connectivity index (χ1v) is 3.90. The predicted octanol–water partition coefficient (Wildman–Crippen LogP) is 1.56. The van der Waals surface area contributed by atoms with Crippen LogP contribution in [0.3, 0.4) is 0 Å².